The molecule has 5 nitrogen and oxygen atoms in total. The van der Waals surface area contributed by atoms with Crippen molar-refractivity contribution >= 4 is 53.2 Å². The highest BCUT2D eigenvalue weighted by molar-refractivity contribution is 9.10. The third-order valence-electron chi connectivity index (χ3n) is 2.23. The summed E-state index contributed by atoms with van der Waals surface area (Å²) in [4.78, 5) is 11.6. The van der Waals surface area contributed by atoms with Crippen LogP contribution >= 0.6 is 38.2 Å². The molecule has 1 rings (SSSR count). The van der Waals surface area contributed by atoms with Gasteiger partial charge in [-0.1, -0.05) is 11.6 Å². The summed E-state index contributed by atoms with van der Waals surface area (Å²) in [7, 11) is 2.81. The highest BCUT2D eigenvalue weighted by atomic mass is 79.9. The minimum absolute atomic E-state index is 0.0634. The predicted molar refractivity (Wildman–Crippen MR) is 79.0 cm³/mol. The van der Waals surface area contributed by atoms with Crippen molar-refractivity contribution in [3.05, 3.63) is 27.2 Å². The number of ether oxygens (including phenoxy) is 2. The molecule has 1 aromatic carbocycles. The summed E-state index contributed by atoms with van der Waals surface area (Å²) in [6, 6.07) is 2.36. The van der Waals surface area contributed by atoms with Crippen LogP contribution in [0.4, 0.5) is 0 Å². The lowest BCUT2D eigenvalue weighted by Crippen LogP contribution is -2.09. The maximum absolute atomic E-state index is 11.8. The van der Waals surface area contributed by atoms with Crippen molar-refractivity contribution < 1.29 is 22.7 Å². The second-order valence-electron chi connectivity index (χ2n) is 3.68. The number of methoxy groups -OCH3 is 1. The first-order chi connectivity index (χ1) is 9.27. The summed E-state index contributed by atoms with van der Waals surface area (Å²) in [5.74, 6) is -0.722. The van der Waals surface area contributed by atoms with Crippen molar-refractivity contribution in [2.75, 3.05) is 20.3 Å². The van der Waals surface area contributed by atoms with Gasteiger partial charge in [-0.15, -0.1) is 0 Å². The number of benzene rings is 1. The Morgan fingerprint density at radius 3 is 2.55 bits per heavy atom. The van der Waals surface area contributed by atoms with E-state index in [2.05, 4.69) is 15.9 Å². The summed E-state index contributed by atoms with van der Waals surface area (Å²) in [6.45, 7) is 0.588. The zero-order chi connectivity index (χ0) is 15.3. The molecule has 0 unspecified atom stereocenters. The lowest BCUT2D eigenvalue weighted by molar-refractivity contribution is 0.0468. The molecule has 0 amide bonds. The van der Waals surface area contributed by atoms with Crippen LogP contribution < -0.4 is 0 Å². The number of rotatable bonds is 6. The number of halogens is 3. The van der Waals surface area contributed by atoms with Gasteiger partial charge in [0.25, 0.3) is 9.05 Å². The van der Waals surface area contributed by atoms with Gasteiger partial charge in [0.05, 0.1) is 22.1 Å². The molecule has 0 N–H and O–H groups in total. The van der Waals surface area contributed by atoms with Gasteiger partial charge < -0.3 is 9.47 Å². The summed E-state index contributed by atoms with van der Waals surface area (Å²) < 4.78 is 32.7. The number of esters is 1. The van der Waals surface area contributed by atoms with E-state index in [1.807, 2.05) is 0 Å². The first-order valence-electron chi connectivity index (χ1n) is 5.37. The molecule has 0 saturated carbocycles. The average Bonchev–Trinajstić information content (AvgIpc) is 2.32. The molecule has 0 bridgehead atoms. The van der Waals surface area contributed by atoms with E-state index in [4.69, 9.17) is 31.8 Å². The van der Waals surface area contributed by atoms with Gasteiger partial charge in [0.2, 0.25) is 0 Å². The van der Waals surface area contributed by atoms with Gasteiger partial charge in [0, 0.05) is 35.3 Å². The summed E-state index contributed by atoms with van der Waals surface area (Å²) in [5.41, 5.74) is -0.0634. The van der Waals surface area contributed by atoms with Crippen LogP contribution in [-0.4, -0.2) is 34.7 Å². The zero-order valence-corrected chi connectivity index (χ0v) is 14.3. The maximum atomic E-state index is 11.8. The molecule has 9 heteroatoms. The van der Waals surface area contributed by atoms with Crippen LogP contribution in [0.2, 0.25) is 5.02 Å². The summed E-state index contributed by atoms with van der Waals surface area (Å²) in [5, 5.41) is 0.0673. The zero-order valence-electron chi connectivity index (χ0n) is 10.4. The van der Waals surface area contributed by atoms with E-state index in [0.29, 0.717) is 13.0 Å². The Morgan fingerprint density at radius 2 is 2.00 bits per heavy atom. The minimum Gasteiger partial charge on any atom is -0.462 e. The lowest BCUT2D eigenvalue weighted by atomic mass is 10.2. The van der Waals surface area contributed by atoms with E-state index in [0.717, 1.165) is 6.07 Å². The summed E-state index contributed by atoms with van der Waals surface area (Å²) in [6.07, 6.45) is 0.525. The molecule has 0 aliphatic heterocycles. The molecule has 0 aromatic heterocycles. The Balaban J connectivity index is 2.98. The first-order valence-corrected chi connectivity index (χ1v) is 8.85. The summed E-state index contributed by atoms with van der Waals surface area (Å²) >= 11 is 8.92. The third kappa shape index (κ3) is 4.89. The molecule has 0 aliphatic rings. The molecule has 0 spiro atoms. The second kappa shape index (κ2) is 7.61. The minimum atomic E-state index is -4.00. The van der Waals surface area contributed by atoms with E-state index in [1.165, 1.54) is 13.2 Å². The Hall–Kier alpha value is -0.340. The fourth-order valence-electron chi connectivity index (χ4n) is 1.32. The van der Waals surface area contributed by atoms with Crippen LogP contribution in [-0.2, 0) is 18.5 Å². The second-order valence-corrected chi connectivity index (χ2v) is 7.48. The van der Waals surface area contributed by atoms with Crippen molar-refractivity contribution in [2.24, 2.45) is 0 Å². The van der Waals surface area contributed by atoms with Crippen LogP contribution in [0.5, 0.6) is 0 Å². The third-order valence-corrected chi connectivity index (χ3v) is 4.82. The van der Waals surface area contributed by atoms with Gasteiger partial charge >= 0.3 is 5.97 Å². The fraction of sp³-hybridized carbons (Fsp3) is 0.364. The van der Waals surface area contributed by atoms with E-state index < -0.39 is 15.0 Å². The van der Waals surface area contributed by atoms with Crippen molar-refractivity contribution in [2.45, 2.75) is 11.3 Å². The molecule has 0 heterocycles. The molecule has 0 saturated heterocycles. The number of hydrogen-bond donors (Lipinski definition) is 0. The molecule has 0 atom stereocenters. The molecule has 1 aromatic rings. The van der Waals surface area contributed by atoms with Crippen LogP contribution in [0.3, 0.4) is 0 Å². The molecule has 0 aliphatic carbocycles. The topological polar surface area (TPSA) is 69.7 Å². The van der Waals surface area contributed by atoms with Gasteiger partial charge in [0.15, 0.2) is 0 Å². The fourth-order valence-corrected chi connectivity index (χ4v) is 3.89. The van der Waals surface area contributed by atoms with Gasteiger partial charge in [-0.3, -0.25) is 0 Å². The molecular formula is C11H11BrCl2O5S. The van der Waals surface area contributed by atoms with Gasteiger partial charge in [-0.2, -0.15) is 0 Å². The standard InChI is InChI=1S/C11H11BrCl2O5S/c1-18-3-2-4-19-11(15)7-5-10(20(14,16)17)8(12)6-9(7)13/h5-6H,2-4H2,1H3. The van der Waals surface area contributed by atoms with E-state index in [-0.39, 0.29) is 26.6 Å². The van der Waals surface area contributed by atoms with E-state index >= 15 is 0 Å². The normalized spacial score (nSPS) is 11.4. The highest BCUT2D eigenvalue weighted by Crippen LogP contribution is 2.31. The van der Waals surface area contributed by atoms with Gasteiger partial charge in [-0.05, 0) is 28.1 Å². The van der Waals surface area contributed by atoms with Crippen molar-refractivity contribution in [1.82, 2.24) is 0 Å². The molecule has 0 radical (unpaired) electrons. The van der Waals surface area contributed by atoms with Crippen LogP contribution in [0.25, 0.3) is 0 Å². The molecule has 112 valence electrons. The Morgan fingerprint density at radius 1 is 1.35 bits per heavy atom. The van der Waals surface area contributed by atoms with Crippen molar-refractivity contribution in [1.29, 1.82) is 0 Å². The molecule has 0 fully saturated rings. The van der Waals surface area contributed by atoms with E-state index in [1.54, 1.807) is 0 Å². The highest BCUT2D eigenvalue weighted by Gasteiger charge is 2.21. The predicted octanol–water partition coefficient (Wildman–Crippen LogP) is 3.22. The van der Waals surface area contributed by atoms with Crippen LogP contribution in [0, 0.1) is 0 Å². The number of carbonyl (C=O) groups is 1. The van der Waals surface area contributed by atoms with Gasteiger partial charge in [0.1, 0.15) is 0 Å². The monoisotopic (exact) mass is 404 g/mol. The van der Waals surface area contributed by atoms with Crippen LogP contribution in [0.15, 0.2) is 21.5 Å². The molecule has 20 heavy (non-hydrogen) atoms. The maximum Gasteiger partial charge on any atom is 0.339 e. The Labute approximate surface area is 134 Å². The molecular weight excluding hydrogens is 395 g/mol. The van der Waals surface area contributed by atoms with Gasteiger partial charge in [-0.25, -0.2) is 13.2 Å². The quantitative estimate of drug-likeness (QED) is 0.412. The average molecular weight is 406 g/mol. The van der Waals surface area contributed by atoms with Crippen molar-refractivity contribution in [3.8, 4) is 0 Å². The Kier molecular flexibility index (Phi) is 6.74. The number of carbonyl (C=O) groups excluding carboxylic acids is 1. The number of hydrogen-bond acceptors (Lipinski definition) is 5. The van der Waals surface area contributed by atoms with Crippen LogP contribution in [0.1, 0.15) is 16.8 Å². The Bertz CT molecular complexity index is 603. The smallest absolute Gasteiger partial charge is 0.339 e. The van der Waals surface area contributed by atoms with E-state index in [9.17, 15) is 13.2 Å². The lowest BCUT2D eigenvalue weighted by Gasteiger charge is -2.08. The first kappa shape index (κ1) is 17.7. The largest absolute Gasteiger partial charge is 0.462 e. The SMILES string of the molecule is COCCCOC(=O)c1cc(S(=O)(=O)Cl)c(Br)cc1Cl. The van der Waals surface area contributed by atoms with Crippen molar-refractivity contribution in [3.63, 3.8) is 0 Å².